The van der Waals surface area contributed by atoms with E-state index in [1.165, 1.54) is 6.20 Å². The van der Waals surface area contributed by atoms with Gasteiger partial charge in [-0.25, -0.2) is 4.98 Å². The summed E-state index contributed by atoms with van der Waals surface area (Å²) >= 11 is 0. The average molecular weight is 402 g/mol. The Morgan fingerprint density at radius 1 is 1.13 bits per heavy atom. The van der Waals surface area contributed by atoms with Crippen LogP contribution in [0.5, 0.6) is 0 Å². The summed E-state index contributed by atoms with van der Waals surface area (Å²) in [5.74, 6) is -0.0888. The summed E-state index contributed by atoms with van der Waals surface area (Å²) in [6.45, 7) is 6.08. The Bertz CT molecular complexity index is 1240. The largest absolute Gasteiger partial charge is 0.344 e. The first kappa shape index (κ1) is 19.5. The lowest BCUT2D eigenvalue weighted by Crippen LogP contribution is -2.21. The van der Waals surface area contributed by atoms with Gasteiger partial charge in [-0.05, 0) is 45.0 Å². The standard InChI is InChI=1S/C22H22N6O2/c1-14(2)27-12-18(17-11-23-7-6-19(17)27)22(30)16-5-8-24-20(10-16)26-21(29)13-28-15(3)4-9-25-28/h4-12,14H,13H2,1-3H3,(H,24,26,29). The van der Waals surface area contributed by atoms with Gasteiger partial charge in [0.1, 0.15) is 12.4 Å². The van der Waals surface area contributed by atoms with E-state index in [2.05, 4.69) is 38.8 Å². The molecule has 8 nitrogen and oxygen atoms in total. The van der Waals surface area contributed by atoms with Gasteiger partial charge in [0.25, 0.3) is 0 Å². The second kappa shape index (κ2) is 7.90. The number of anilines is 1. The SMILES string of the molecule is Cc1ccnn1CC(=O)Nc1cc(C(=O)c2cn(C(C)C)c3ccncc23)ccn1. The highest BCUT2D eigenvalue weighted by Crippen LogP contribution is 2.26. The maximum atomic E-state index is 13.2. The molecule has 0 aromatic carbocycles. The van der Waals surface area contributed by atoms with Crippen molar-refractivity contribution in [1.29, 1.82) is 0 Å². The Balaban J connectivity index is 1.60. The molecule has 1 amide bonds. The Labute approximate surface area is 173 Å². The molecule has 8 heteroatoms. The number of aryl methyl sites for hydroxylation is 1. The minimum absolute atomic E-state index is 0.0756. The van der Waals surface area contributed by atoms with Crippen LogP contribution in [-0.4, -0.2) is 36.0 Å². The fraction of sp³-hybridized carbons (Fsp3) is 0.227. The van der Waals surface area contributed by atoms with Gasteiger partial charge in [0.15, 0.2) is 5.78 Å². The molecule has 0 fully saturated rings. The molecule has 0 spiro atoms. The molecule has 0 saturated heterocycles. The summed E-state index contributed by atoms with van der Waals surface area (Å²) in [7, 11) is 0. The fourth-order valence-electron chi connectivity index (χ4n) is 3.38. The lowest BCUT2D eigenvalue weighted by atomic mass is 10.0. The van der Waals surface area contributed by atoms with Crippen molar-refractivity contribution in [3.05, 3.63) is 72.1 Å². The average Bonchev–Trinajstić information content (AvgIpc) is 3.31. The number of fused-ring (bicyclic) bond motifs is 1. The number of hydrogen-bond donors (Lipinski definition) is 1. The van der Waals surface area contributed by atoms with E-state index in [0.29, 0.717) is 16.9 Å². The number of nitrogens with one attached hydrogen (secondary N) is 1. The second-order valence-corrected chi connectivity index (χ2v) is 7.37. The van der Waals surface area contributed by atoms with Crippen molar-refractivity contribution in [2.75, 3.05) is 5.32 Å². The molecule has 0 aliphatic carbocycles. The number of aromatic nitrogens is 5. The third-order valence-electron chi connectivity index (χ3n) is 4.95. The molecule has 0 radical (unpaired) electrons. The zero-order chi connectivity index (χ0) is 21.3. The lowest BCUT2D eigenvalue weighted by Gasteiger charge is -2.08. The first-order valence-corrected chi connectivity index (χ1v) is 9.67. The zero-order valence-corrected chi connectivity index (χ0v) is 17.0. The Hall–Kier alpha value is -3.81. The predicted octanol–water partition coefficient (Wildman–Crippen LogP) is 3.39. The van der Waals surface area contributed by atoms with Crippen LogP contribution >= 0.6 is 0 Å². The van der Waals surface area contributed by atoms with Crippen LogP contribution in [0.25, 0.3) is 10.9 Å². The van der Waals surface area contributed by atoms with Crippen molar-refractivity contribution in [2.45, 2.75) is 33.4 Å². The number of amides is 1. The van der Waals surface area contributed by atoms with E-state index >= 15 is 0 Å². The molecule has 152 valence electrons. The highest BCUT2D eigenvalue weighted by molar-refractivity contribution is 6.16. The minimum Gasteiger partial charge on any atom is -0.344 e. The highest BCUT2D eigenvalue weighted by atomic mass is 16.2. The second-order valence-electron chi connectivity index (χ2n) is 7.37. The Kier molecular flexibility index (Phi) is 5.14. The van der Waals surface area contributed by atoms with Crippen LogP contribution in [0.4, 0.5) is 5.82 Å². The molecule has 0 atom stereocenters. The van der Waals surface area contributed by atoms with Crippen molar-refractivity contribution in [3.63, 3.8) is 0 Å². The minimum atomic E-state index is -0.264. The van der Waals surface area contributed by atoms with Crippen molar-refractivity contribution in [1.82, 2.24) is 24.3 Å². The Morgan fingerprint density at radius 3 is 2.70 bits per heavy atom. The molecule has 0 unspecified atom stereocenters. The van der Waals surface area contributed by atoms with Crippen molar-refractivity contribution in [3.8, 4) is 0 Å². The number of ketones is 1. The summed E-state index contributed by atoms with van der Waals surface area (Å²) in [5.41, 5.74) is 2.86. The molecule has 0 saturated carbocycles. The van der Waals surface area contributed by atoms with Gasteiger partial charge < -0.3 is 9.88 Å². The van der Waals surface area contributed by atoms with Crippen molar-refractivity contribution >= 4 is 28.4 Å². The van der Waals surface area contributed by atoms with Crippen LogP contribution in [0, 0.1) is 6.92 Å². The number of hydrogen-bond acceptors (Lipinski definition) is 5. The molecular formula is C22H22N6O2. The maximum Gasteiger partial charge on any atom is 0.247 e. The van der Waals surface area contributed by atoms with E-state index in [-0.39, 0.29) is 24.3 Å². The van der Waals surface area contributed by atoms with Gasteiger partial charge >= 0.3 is 0 Å². The molecule has 30 heavy (non-hydrogen) atoms. The number of pyridine rings is 2. The quantitative estimate of drug-likeness (QED) is 0.499. The topological polar surface area (TPSA) is 94.7 Å². The van der Waals surface area contributed by atoms with Crippen LogP contribution in [0.15, 0.2) is 55.2 Å². The molecule has 4 rings (SSSR count). The van der Waals surface area contributed by atoms with E-state index in [4.69, 9.17) is 0 Å². The van der Waals surface area contributed by atoms with Crippen LogP contribution in [0.3, 0.4) is 0 Å². The number of nitrogens with zero attached hydrogens (tertiary/aromatic N) is 5. The highest BCUT2D eigenvalue weighted by Gasteiger charge is 2.19. The molecule has 1 N–H and O–H groups in total. The first-order chi connectivity index (χ1) is 14.4. The molecule has 0 aliphatic heterocycles. The molecule has 0 aliphatic rings. The monoisotopic (exact) mass is 402 g/mol. The van der Waals surface area contributed by atoms with Crippen molar-refractivity contribution in [2.24, 2.45) is 0 Å². The third-order valence-corrected chi connectivity index (χ3v) is 4.95. The van der Waals surface area contributed by atoms with Gasteiger partial charge in [-0.3, -0.25) is 19.3 Å². The smallest absolute Gasteiger partial charge is 0.247 e. The first-order valence-electron chi connectivity index (χ1n) is 9.67. The van der Waals surface area contributed by atoms with Gasteiger partial charge in [-0.2, -0.15) is 5.10 Å². The number of rotatable bonds is 6. The van der Waals surface area contributed by atoms with E-state index in [1.807, 2.05) is 25.3 Å². The van der Waals surface area contributed by atoms with E-state index in [1.54, 1.807) is 35.4 Å². The number of carbonyl (C=O) groups excluding carboxylic acids is 2. The molecule has 0 bridgehead atoms. The van der Waals surface area contributed by atoms with E-state index < -0.39 is 0 Å². The van der Waals surface area contributed by atoms with Crippen LogP contribution < -0.4 is 5.32 Å². The van der Waals surface area contributed by atoms with Crippen LogP contribution in [-0.2, 0) is 11.3 Å². The third kappa shape index (κ3) is 3.71. The molecular weight excluding hydrogens is 380 g/mol. The van der Waals surface area contributed by atoms with Crippen LogP contribution in [0.1, 0.15) is 41.5 Å². The fourth-order valence-corrected chi connectivity index (χ4v) is 3.38. The van der Waals surface area contributed by atoms with Gasteiger partial charge in [0, 0.05) is 59.2 Å². The van der Waals surface area contributed by atoms with Crippen molar-refractivity contribution < 1.29 is 9.59 Å². The van der Waals surface area contributed by atoms with E-state index in [0.717, 1.165) is 16.6 Å². The normalized spacial score (nSPS) is 11.2. The Morgan fingerprint density at radius 2 is 1.97 bits per heavy atom. The van der Waals surface area contributed by atoms with Crippen LogP contribution in [0.2, 0.25) is 0 Å². The van der Waals surface area contributed by atoms with Gasteiger partial charge in [-0.1, -0.05) is 0 Å². The summed E-state index contributed by atoms with van der Waals surface area (Å²) < 4.78 is 3.65. The zero-order valence-electron chi connectivity index (χ0n) is 17.0. The summed E-state index contributed by atoms with van der Waals surface area (Å²) in [5, 5.41) is 7.63. The molecule has 4 aromatic rings. The maximum absolute atomic E-state index is 13.2. The lowest BCUT2D eigenvalue weighted by molar-refractivity contribution is -0.117. The number of carbonyl (C=O) groups is 2. The van der Waals surface area contributed by atoms with Gasteiger partial charge in [0.2, 0.25) is 5.91 Å². The molecule has 4 aromatic heterocycles. The summed E-state index contributed by atoms with van der Waals surface area (Å²) in [6.07, 6.45) is 8.44. The predicted molar refractivity (Wildman–Crippen MR) is 113 cm³/mol. The van der Waals surface area contributed by atoms with Gasteiger partial charge in [-0.15, -0.1) is 0 Å². The van der Waals surface area contributed by atoms with Gasteiger partial charge in [0.05, 0.1) is 5.52 Å². The summed E-state index contributed by atoms with van der Waals surface area (Å²) in [4.78, 5) is 33.9. The summed E-state index contributed by atoms with van der Waals surface area (Å²) in [6, 6.07) is 7.17. The van der Waals surface area contributed by atoms with E-state index in [9.17, 15) is 9.59 Å². The molecule has 4 heterocycles.